The van der Waals surface area contributed by atoms with Crippen LogP contribution in [0.3, 0.4) is 0 Å². The Labute approximate surface area is 61.5 Å². The van der Waals surface area contributed by atoms with Crippen molar-refractivity contribution in [1.29, 1.82) is 0 Å². The second-order valence-electron chi connectivity index (χ2n) is 3.28. The fourth-order valence-corrected chi connectivity index (χ4v) is 0.388. The molecule has 0 radical (unpaired) electrons. The average Bonchev–Trinajstić information content (AvgIpc) is 1.86. The van der Waals surface area contributed by atoms with Crippen LogP contribution in [0.5, 0.6) is 0 Å². The molecule has 3 nitrogen and oxygen atoms in total. The first-order chi connectivity index (χ1) is 4.42. The molecule has 0 spiro atoms. The van der Waals surface area contributed by atoms with Crippen molar-refractivity contribution in [3.8, 4) is 0 Å². The summed E-state index contributed by atoms with van der Waals surface area (Å²) in [4.78, 5) is 15.1. The molecule has 0 saturated carbocycles. The maximum Gasteiger partial charge on any atom is 0.330 e. The summed E-state index contributed by atoms with van der Waals surface area (Å²) < 4.78 is 0. The molecule has 0 heterocycles. The van der Waals surface area contributed by atoms with Crippen LogP contribution in [0, 0.1) is 11.3 Å². The van der Waals surface area contributed by atoms with Crippen LogP contribution in [-0.4, -0.2) is 5.97 Å². The summed E-state index contributed by atoms with van der Waals surface area (Å²) >= 11 is 0. The first kappa shape index (κ1) is 9.43. The van der Waals surface area contributed by atoms with Crippen molar-refractivity contribution in [3.63, 3.8) is 0 Å². The number of nitrogens with two attached hydrogens (primary N) is 1. The number of rotatable bonds is 2. The van der Waals surface area contributed by atoms with Crippen molar-refractivity contribution in [2.24, 2.45) is 17.2 Å². The van der Waals surface area contributed by atoms with Crippen molar-refractivity contribution in [2.45, 2.75) is 27.7 Å². The predicted molar refractivity (Wildman–Crippen MR) is 38.9 cm³/mol. The van der Waals surface area contributed by atoms with Crippen molar-refractivity contribution < 1.29 is 9.63 Å². The van der Waals surface area contributed by atoms with E-state index in [1.807, 2.05) is 27.7 Å². The van der Waals surface area contributed by atoms with Crippen LogP contribution < -0.4 is 5.90 Å². The molecule has 0 atom stereocenters. The first-order valence-electron chi connectivity index (χ1n) is 3.34. The van der Waals surface area contributed by atoms with Gasteiger partial charge in [0.05, 0.1) is 5.41 Å². The van der Waals surface area contributed by atoms with E-state index >= 15 is 0 Å². The molecule has 0 rings (SSSR count). The van der Waals surface area contributed by atoms with Crippen LogP contribution in [0.2, 0.25) is 0 Å². The highest BCUT2D eigenvalue weighted by Gasteiger charge is 2.32. The van der Waals surface area contributed by atoms with Gasteiger partial charge in [0.1, 0.15) is 0 Å². The molecule has 0 fully saturated rings. The van der Waals surface area contributed by atoms with Gasteiger partial charge in [0, 0.05) is 0 Å². The van der Waals surface area contributed by atoms with E-state index in [9.17, 15) is 4.79 Å². The molecule has 0 saturated heterocycles. The van der Waals surface area contributed by atoms with Gasteiger partial charge in [0.2, 0.25) is 0 Å². The fourth-order valence-electron chi connectivity index (χ4n) is 0.388. The molecular weight excluding hydrogens is 130 g/mol. The van der Waals surface area contributed by atoms with Crippen molar-refractivity contribution in [3.05, 3.63) is 0 Å². The zero-order chi connectivity index (χ0) is 8.36. The topological polar surface area (TPSA) is 52.3 Å². The standard InChI is InChI=1S/C7H15NO2/c1-5(2)7(3,4)6(9)10-8/h5H,8H2,1-4H3. The largest absolute Gasteiger partial charge is 0.373 e. The van der Waals surface area contributed by atoms with Gasteiger partial charge >= 0.3 is 5.97 Å². The lowest BCUT2D eigenvalue weighted by Gasteiger charge is -2.24. The van der Waals surface area contributed by atoms with Crippen LogP contribution in [0.15, 0.2) is 0 Å². The number of hydrogen-bond acceptors (Lipinski definition) is 3. The molecule has 0 aliphatic carbocycles. The van der Waals surface area contributed by atoms with Crippen LogP contribution in [-0.2, 0) is 9.63 Å². The highest BCUT2D eigenvalue weighted by Crippen LogP contribution is 2.26. The summed E-state index contributed by atoms with van der Waals surface area (Å²) in [7, 11) is 0. The maximum atomic E-state index is 10.9. The van der Waals surface area contributed by atoms with Gasteiger partial charge in [0.25, 0.3) is 0 Å². The Morgan fingerprint density at radius 1 is 1.50 bits per heavy atom. The molecule has 0 aliphatic heterocycles. The average molecular weight is 145 g/mol. The summed E-state index contributed by atoms with van der Waals surface area (Å²) in [5.41, 5.74) is -0.477. The van der Waals surface area contributed by atoms with E-state index in [1.54, 1.807) is 0 Å². The van der Waals surface area contributed by atoms with Gasteiger partial charge < -0.3 is 4.84 Å². The molecule has 0 amide bonds. The zero-order valence-corrected chi connectivity index (χ0v) is 6.97. The Morgan fingerprint density at radius 2 is 1.90 bits per heavy atom. The third kappa shape index (κ3) is 1.70. The van der Waals surface area contributed by atoms with Gasteiger partial charge in [-0.15, -0.1) is 0 Å². The Hall–Kier alpha value is -0.570. The molecule has 10 heavy (non-hydrogen) atoms. The Balaban J connectivity index is 4.24. The van der Waals surface area contributed by atoms with Gasteiger partial charge in [-0.05, 0) is 19.8 Å². The van der Waals surface area contributed by atoms with Gasteiger partial charge in [0.15, 0.2) is 0 Å². The highest BCUT2D eigenvalue weighted by molar-refractivity contribution is 5.75. The molecule has 2 N–H and O–H groups in total. The molecule has 0 aromatic carbocycles. The van der Waals surface area contributed by atoms with Crippen LogP contribution in [0.1, 0.15) is 27.7 Å². The van der Waals surface area contributed by atoms with E-state index in [1.165, 1.54) is 0 Å². The Morgan fingerprint density at radius 3 is 2.00 bits per heavy atom. The molecular formula is C7H15NO2. The van der Waals surface area contributed by atoms with Crippen LogP contribution in [0.25, 0.3) is 0 Å². The molecule has 0 bridgehead atoms. The second kappa shape index (κ2) is 3.01. The Kier molecular flexibility index (Phi) is 2.84. The van der Waals surface area contributed by atoms with E-state index in [0.717, 1.165) is 0 Å². The molecule has 0 unspecified atom stereocenters. The van der Waals surface area contributed by atoms with E-state index in [4.69, 9.17) is 5.90 Å². The minimum Gasteiger partial charge on any atom is -0.373 e. The molecule has 0 aromatic rings. The summed E-state index contributed by atoms with van der Waals surface area (Å²) in [5, 5.41) is 0. The van der Waals surface area contributed by atoms with E-state index in [0.29, 0.717) is 0 Å². The van der Waals surface area contributed by atoms with Crippen LogP contribution >= 0.6 is 0 Å². The van der Waals surface area contributed by atoms with Crippen molar-refractivity contribution >= 4 is 5.97 Å². The SMILES string of the molecule is CC(C)C(C)(C)C(=O)ON. The summed E-state index contributed by atoms with van der Waals surface area (Å²) in [6.45, 7) is 7.54. The lowest BCUT2D eigenvalue weighted by molar-refractivity contribution is -0.157. The summed E-state index contributed by atoms with van der Waals surface area (Å²) in [5.74, 6) is 4.63. The van der Waals surface area contributed by atoms with Gasteiger partial charge in [-0.25, -0.2) is 4.79 Å². The number of carbonyl (C=O) groups excluding carboxylic acids is 1. The van der Waals surface area contributed by atoms with Crippen LogP contribution in [0.4, 0.5) is 0 Å². The summed E-state index contributed by atoms with van der Waals surface area (Å²) in [6.07, 6.45) is 0. The van der Waals surface area contributed by atoms with E-state index < -0.39 is 5.41 Å². The minimum absolute atomic E-state index is 0.239. The zero-order valence-electron chi connectivity index (χ0n) is 6.97. The number of carbonyl (C=O) groups is 1. The smallest absolute Gasteiger partial charge is 0.330 e. The second-order valence-corrected chi connectivity index (χ2v) is 3.28. The van der Waals surface area contributed by atoms with E-state index in [2.05, 4.69) is 4.84 Å². The monoisotopic (exact) mass is 145 g/mol. The molecule has 3 heteroatoms. The van der Waals surface area contributed by atoms with Crippen molar-refractivity contribution in [2.75, 3.05) is 0 Å². The predicted octanol–water partition coefficient (Wildman–Crippen LogP) is 1.09. The summed E-state index contributed by atoms with van der Waals surface area (Å²) in [6, 6.07) is 0. The number of hydrogen-bond donors (Lipinski definition) is 1. The van der Waals surface area contributed by atoms with Gasteiger partial charge in [-0.3, -0.25) is 0 Å². The third-order valence-electron chi connectivity index (χ3n) is 2.08. The van der Waals surface area contributed by atoms with Gasteiger partial charge in [-0.2, -0.15) is 5.90 Å². The van der Waals surface area contributed by atoms with E-state index in [-0.39, 0.29) is 11.9 Å². The molecule has 0 aliphatic rings. The molecule has 0 aromatic heterocycles. The highest BCUT2D eigenvalue weighted by atomic mass is 16.7. The normalized spacial score (nSPS) is 11.8. The third-order valence-corrected chi connectivity index (χ3v) is 2.08. The van der Waals surface area contributed by atoms with Crippen molar-refractivity contribution in [1.82, 2.24) is 0 Å². The Bertz CT molecular complexity index is 130. The quantitative estimate of drug-likeness (QED) is 0.592. The van der Waals surface area contributed by atoms with Gasteiger partial charge in [-0.1, -0.05) is 13.8 Å². The maximum absolute atomic E-state index is 10.9. The minimum atomic E-state index is -0.477. The fraction of sp³-hybridized carbons (Fsp3) is 0.857. The first-order valence-corrected chi connectivity index (χ1v) is 3.34. The lowest BCUT2D eigenvalue weighted by atomic mass is 9.81. The molecule has 60 valence electrons. The lowest BCUT2D eigenvalue weighted by Crippen LogP contribution is -2.33.